The minimum atomic E-state index is 0.198. The Kier molecular flexibility index (Phi) is 2.99. The Balaban J connectivity index is 2.82. The molecule has 0 saturated heterocycles. The molecule has 0 fully saturated rings. The lowest BCUT2D eigenvalue weighted by atomic mass is 10.2. The molecule has 12 heavy (non-hydrogen) atoms. The van der Waals surface area contributed by atoms with Gasteiger partial charge in [-0.2, -0.15) is 0 Å². The van der Waals surface area contributed by atoms with Crippen molar-refractivity contribution in [1.82, 2.24) is 0 Å². The summed E-state index contributed by atoms with van der Waals surface area (Å²) in [6.07, 6.45) is 0.198. The third kappa shape index (κ3) is 2.42. The van der Waals surface area contributed by atoms with Gasteiger partial charge in [0.2, 0.25) is 0 Å². The minimum absolute atomic E-state index is 0.198. The Morgan fingerprint density at radius 1 is 1.33 bits per heavy atom. The van der Waals surface area contributed by atoms with Gasteiger partial charge in [0.25, 0.3) is 0 Å². The summed E-state index contributed by atoms with van der Waals surface area (Å²) in [6.45, 7) is 5.96. The van der Waals surface area contributed by atoms with Gasteiger partial charge in [0.1, 0.15) is 5.75 Å². The van der Waals surface area contributed by atoms with Gasteiger partial charge >= 0.3 is 0 Å². The molecule has 0 saturated carbocycles. The average molecular weight is 185 g/mol. The number of benzene rings is 1. The lowest BCUT2D eigenvalue weighted by Crippen LogP contribution is -2.05. The number of halogens is 1. The van der Waals surface area contributed by atoms with Crippen molar-refractivity contribution >= 4 is 11.6 Å². The van der Waals surface area contributed by atoms with Crippen molar-refractivity contribution in [3.8, 4) is 5.75 Å². The minimum Gasteiger partial charge on any atom is -0.491 e. The van der Waals surface area contributed by atoms with Crippen LogP contribution in [-0.4, -0.2) is 6.10 Å². The Hall–Kier alpha value is -0.690. The third-order valence-corrected chi connectivity index (χ3v) is 1.92. The molecule has 2 heteroatoms. The van der Waals surface area contributed by atoms with E-state index < -0.39 is 0 Å². The highest BCUT2D eigenvalue weighted by atomic mass is 35.5. The lowest BCUT2D eigenvalue weighted by Gasteiger charge is -2.10. The van der Waals surface area contributed by atoms with Gasteiger partial charge in [0, 0.05) is 5.02 Å². The molecule has 0 bridgehead atoms. The molecule has 0 aliphatic rings. The summed E-state index contributed by atoms with van der Waals surface area (Å²) in [4.78, 5) is 0. The van der Waals surface area contributed by atoms with Crippen LogP contribution in [-0.2, 0) is 0 Å². The molecule has 0 radical (unpaired) electrons. The molecule has 1 nitrogen and oxygen atoms in total. The van der Waals surface area contributed by atoms with Crippen molar-refractivity contribution in [3.63, 3.8) is 0 Å². The van der Waals surface area contributed by atoms with Crippen LogP contribution >= 0.6 is 11.6 Å². The first kappa shape index (κ1) is 9.40. The highest BCUT2D eigenvalue weighted by Gasteiger charge is 1.99. The van der Waals surface area contributed by atoms with Gasteiger partial charge in [0.15, 0.2) is 0 Å². The summed E-state index contributed by atoms with van der Waals surface area (Å²) in [5.41, 5.74) is 1.08. The normalized spacial score (nSPS) is 10.4. The fourth-order valence-corrected chi connectivity index (χ4v) is 1.09. The molecule has 1 aromatic carbocycles. The molecular weight excluding hydrogens is 172 g/mol. The maximum atomic E-state index is 5.92. The molecule has 0 aliphatic carbocycles. The van der Waals surface area contributed by atoms with E-state index in [1.807, 2.05) is 39.0 Å². The first-order valence-corrected chi connectivity index (χ1v) is 4.40. The van der Waals surface area contributed by atoms with Crippen LogP contribution in [0.3, 0.4) is 0 Å². The van der Waals surface area contributed by atoms with Crippen LogP contribution in [0.5, 0.6) is 5.75 Å². The number of hydrogen-bond acceptors (Lipinski definition) is 1. The topological polar surface area (TPSA) is 9.23 Å². The average Bonchev–Trinajstić information content (AvgIpc) is 1.96. The van der Waals surface area contributed by atoms with Crippen molar-refractivity contribution in [2.24, 2.45) is 0 Å². The first-order chi connectivity index (χ1) is 5.59. The van der Waals surface area contributed by atoms with Crippen LogP contribution in [0.1, 0.15) is 19.4 Å². The zero-order chi connectivity index (χ0) is 9.14. The van der Waals surface area contributed by atoms with E-state index in [2.05, 4.69) is 0 Å². The summed E-state index contributed by atoms with van der Waals surface area (Å²) >= 11 is 5.92. The van der Waals surface area contributed by atoms with Gasteiger partial charge in [-0.1, -0.05) is 17.7 Å². The second-order valence-corrected chi connectivity index (χ2v) is 3.48. The van der Waals surface area contributed by atoms with Crippen molar-refractivity contribution in [1.29, 1.82) is 0 Å². The summed E-state index contributed by atoms with van der Waals surface area (Å²) in [5, 5.41) is 0.758. The predicted molar refractivity (Wildman–Crippen MR) is 52.0 cm³/mol. The standard InChI is InChI=1S/C10H13ClO/c1-7(2)12-9-5-4-8(3)10(11)6-9/h4-7H,1-3H3. The largest absolute Gasteiger partial charge is 0.491 e. The van der Waals surface area contributed by atoms with Gasteiger partial charge in [0.05, 0.1) is 6.10 Å². The summed E-state index contributed by atoms with van der Waals surface area (Å²) in [7, 11) is 0. The lowest BCUT2D eigenvalue weighted by molar-refractivity contribution is 0.242. The molecule has 1 rings (SSSR count). The van der Waals surface area contributed by atoms with E-state index in [1.54, 1.807) is 0 Å². The van der Waals surface area contributed by atoms with Gasteiger partial charge in [-0.3, -0.25) is 0 Å². The molecule has 0 heterocycles. The van der Waals surface area contributed by atoms with E-state index in [9.17, 15) is 0 Å². The summed E-state index contributed by atoms with van der Waals surface area (Å²) in [6, 6.07) is 5.73. The molecule has 0 spiro atoms. The Labute approximate surface area is 78.3 Å². The van der Waals surface area contributed by atoms with Crippen molar-refractivity contribution in [2.45, 2.75) is 26.9 Å². The smallest absolute Gasteiger partial charge is 0.121 e. The van der Waals surface area contributed by atoms with Gasteiger partial charge in [-0.05, 0) is 38.5 Å². The summed E-state index contributed by atoms with van der Waals surface area (Å²) in [5.74, 6) is 0.834. The van der Waals surface area contributed by atoms with Crippen LogP contribution in [0, 0.1) is 6.92 Å². The number of ether oxygens (including phenoxy) is 1. The zero-order valence-electron chi connectivity index (χ0n) is 7.60. The molecule has 0 aliphatic heterocycles. The second-order valence-electron chi connectivity index (χ2n) is 3.08. The molecule has 0 unspecified atom stereocenters. The molecular formula is C10H13ClO. The van der Waals surface area contributed by atoms with E-state index in [4.69, 9.17) is 16.3 Å². The zero-order valence-corrected chi connectivity index (χ0v) is 8.35. The van der Waals surface area contributed by atoms with Crippen molar-refractivity contribution in [3.05, 3.63) is 28.8 Å². The van der Waals surface area contributed by atoms with Crippen LogP contribution < -0.4 is 4.74 Å². The Morgan fingerprint density at radius 3 is 2.50 bits per heavy atom. The van der Waals surface area contributed by atoms with Crippen LogP contribution in [0.4, 0.5) is 0 Å². The highest BCUT2D eigenvalue weighted by Crippen LogP contribution is 2.22. The highest BCUT2D eigenvalue weighted by molar-refractivity contribution is 6.31. The fourth-order valence-electron chi connectivity index (χ4n) is 0.919. The van der Waals surface area contributed by atoms with Gasteiger partial charge < -0.3 is 4.74 Å². The second kappa shape index (κ2) is 3.81. The van der Waals surface area contributed by atoms with Gasteiger partial charge in [-0.15, -0.1) is 0 Å². The molecule has 0 atom stereocenters. The van der Waals surface area contributed by atoms with E-state index in [1.165, 1.54) is 0 Å². The molecule has 0 aromatic heterocycles. The Morgan fingerprint density at radius 2 is 2.00 bits per heavy atom. The SMILES string of the molecule is Cc1ccc(OC(C)C)cc1Cl. The van der Waals surface area contributed by atoms with E-state index in [0.717, 1.165) is 16.3 Å². The van der Waals surface area contributed by atoms with Crippen LogP contribution in [0.2, 0.25) is 5.02 Å². The molecule has 66 valence electrons. The van der Waals surface area contributed by atoms with E-state index in [0.29, 0.717) is 0 Å². The third-order valence-electron chi connectivity index (χ3n) is 1.52. The first-order valence-electron chi connectivity index (χ1n) is 4.02. The van der Waals surface area contributed by atoms with E-state index in [-0.39, 0.29) is 6.10 Å². The van der Waals surface area contributed by atoms with Gasteiger partial charge in [-0.25, -0.2) is 0 Å². The molecule has 0 amide bonds. The number of rotatable bonds is 2. The Bertz CT molecular complexity index is 269. The molecule has 0 N–H and O–H groups in total. The van der Waals surface area contributed by atoms with Crippen LogP contribution in [0.25, 0.3) is 0 Å². The van der Waals surface area contributed by atoms with Crippen molar-refractivity contribution in [2.75, 3.05) is 0 Å². The van der Waals surface area contributed by atoms with Crippen LogP contribution in [0.15, 0.2) is 18.2 Å². The number of hydrogen-bond donors (Lipinski definition) is 0. The summed E-state index contributed by atoms with van der Waals surface area (Å²) < 4.78 is 5.47. The maximum absolute atomic E-state index is 5.92. The fraction of sp³-hybridized carbons (Fsp3) is 0.400. The monoisotopic (exact) mass is 184 g/mol. The molecule has 1 aromatic rings. The predicted octanol–water partition coefficient (Wildman–Crippen LogP) is 3.44. The quantitative estimate of drug-likeness (QED) is 0.684. The maximum Gasteiger partial charge on any atom is 0.121 e. The van der Waals surface area contributed by atoms with E-state index >= 15 is 0 Å². The number of aryl methyl sites for hydroxylation is 1. The van der Waals surface area contributed by atoms with Crippen molar-refractivity contribution < 1.29 is 4.74 Å².